The zero-order chi connectivity index (χ0) is 13.9. The molecular weight excluding hydrogens is 239 g/mol. The minimum absolute atomic E-state index is 0.155. The van der Waals surface area contributed by atoms with Crippen molar-refractivity contribution >= 4 is 0 Å². The zero-order valence-electron chi connectivity index (χ0n) is 12.2. The van der Waals surface area contributed by atoms with Gasteiger partial charge in [-0.1, -0.05) is 12.1 Å². The second-order valence-electron chi connectivity index (χ2n) is 6.65. The van der Waals surface area contributed by atoms with E-state index in [0.29, 0.717) is 0 Å². The highest BCUT2D eigenvalue weighted by Gasteiger charge is 2.23. The Balaban J connectivity index is 1.77. The summed E-state index contributed by atoms with van der Waals surface area (Å²) in [6.07, 6.45) is 1.25. The Kier molecular flexibility index (Phi) is 4.58. The number of hydrogen-bond acceptors (Lipinski definition) is 2. The molecule has 3 heteroatoms. The maximum Gasteiger partial charge on any atom is 0.123 e. The van der Waals surface area contributed by atoms with Gasteiger partial charge in [0.25, 0.3) is 0 Å². The highest BCUT2D eigenvalue weighted by atomic mass is 19.1. The lowest BCUT2D eigenvalue weighted by Crippen LogP contribution is -2.39. The number of halogens is 1. The smallest absolute Gasteiger partial charge is 0.123 e. The summed E-state index contributed by atoms with van der Waals surface area (Å²) in [5.74, 6) is 0.581. The van der Waals surface area contributed by atoms with Gasteiger partial charge in [-0.05, 0) is 63.9 Å². The van der Waals surface area contributed by atoms with Gasteiger partial charge in [0.2, 0.25) is 0 Å². The standard InChI is InChI=1S/C16H25FN2/c1-16(2,3)18-10-14-8-9-19(12-14)11-13-4-6-15(17)7-5-13/h4-7,14,18H,8-12H2,1-3H3. The molecule has 1 aromatic carbocycles. The first kappa shape index (κ1) is 14.5. The van der Waals surface area contributed by atoms with Crippen LogP contribution in [0, 0.1) is 11.7 Å². The van der Waals surface area contributed by atoms with Crippen molar-refractivity contribution < 1.29 is 4.39 Å². The lowest BCUT2D eigenvalue weighted by Gasteiger charge is -2.23. The maximum atomic E-state index is 12.9. The molecule has 1 aromatic rings. The van der Waals surface area contributed by atoms with Crippen LogP contribution in [0.5, 0.6) is 0 Å². The number of rotatable bonds is 4. The van der Waals surface area contributed by atoms with Gasteiger partial charge in [-0.3, -0.25) is 4.90 Å². The van der Waals surface area contributed by atoms with Gasteiger partial charge < -0.3 is 5.32 Å². The van der Waals surface area contributed by atoms with Crippen LogP contribution in [0.1, 0.15) is 32.8 Å². The average molecular weight is 264 g/mol. The summed E-state index contributed by atoms with van der Waals surface area (Å²) in [7, 11) is 0. The van der Waals surface area contributed by atoms with Crippen LogP contribution in [-0.4, -0.2) is 30.1 Å². The predicted octanol–water partition coefficient (Wildman–Crippen LogP) is 3.04. The normalized spacial score (nSPS) is 20.9. The monoisotopic (exact) mass is 264 g/mol. The van der Waals surface area contributed by atoms with Gasteiger partial charge in [-0.25, -0.2) is 4.39 Å². The Morgan fingerprint density at radius 1 is 1.26 bits per heavy atom. The van der Waals surface area contributed by atoms with Gasteiger partial charge in [-0.15, -0.1) is 0 Å². The van der Waals surface area contributed by atoms with Crippen molar-refractivity contribution in [2.75, 3.05) is 19.6 Å². The first-order valence-electron chi connectivity index (χ1n) is 7.14. The lowest BCUT2D eigenvalue weighted by molar-refractivity contribution is 0.305. The van der Waals surface area contributed by atoms with Crippen molar-refractivity contribution in [3.05, 3.63) is 35.6 Å². The maximum absolute atomic E-state index is 12.9. The molecule has 0 spiro atoms. The molecule has 1 aliphatic rings. The molecule has 0 bridgehead atoms. The molecule has 1 heterocycles. The van der Waals surface area contributed by atoms with Gasteiger partial charge in [0.15, 0.2) is 0 Å². The lowest BCUT2D eigenvalue weighted by atomic mass is 10.1. The van der Waals surface area contributed by atoms with Gasteiger partial charge >= 0.3 is 0 Å². The molecule has 1 atom stereocenters. The van der Waals surface area contributed by atoms with E-state index in [1.54, 1.807) is 12.1 Å². The molecular formula is C16H25FN2. The second-order valence-corrected chi connectivity index (χ2v) is 6.65. The van der Waals surface area contributed by atoms with Crippen molar-refractivity contribution in [2.24, 2.45) is 5.92 Å². The highest BCUT2D eigenvalue weighted by molar-refractivity contribution is 5.16. The second kappa shape index (κ2) is 6.02. The van der Waals surface area contributed by atoms with E-state index >= 15 is 0 Å². The van der Waals surface area contributed by atoms with Gasteiger partial charge in [0.05, 0.1) is 0 Å². The minimum Gasteiger partial charge on any atom is -0.312 e. The van der Waals surface area contributed by atoms with Crippen molar-refractivity contribution in [3.8, 4) is 0 Å². The summed E-state index contributed by atoms with van der Waals surface area (Å²) < 4.78 is 12.9. The molecule has 0 aromatic heterocycles. The van der Waals surface area contributed by atoms with Crippen molar-refractivity contribution in [3.63, 3.8) is 0 Å². The summed E-state index contributed by atoms with van der Waals surface area (Å²) in [4.78, 5) is 2.46. The quantitative estimate of drug-likeness (QED) is 0.899. The summed E-state index contributed by atoms with van der Waals surface area (Å²) in [6.45, 7) is 10.9. The topological polar surface area (TPSA) is 15.3 Å². The van der Waals surface area contributed by atoms with Crippen molar-refractivity contribution in [1.82, 2.24) is 10.2 Å². The van der Waals surface area contributed by atoms with E-state index in [9.17, 15) is 4.39 Å². The summed E-state index contributed by atoms with van der Waals surface area (Å²) in [5, 5.41) is 3.58. The molecule has 1 unspecified atom stereocenters. The molecule has 0 radical (unpaired) electrons. The van der Waals surface area contributed by atoms with E-state index < -0.39 is 0 Å². The van der Waals surface area contributed by atoms with Gasteiger partial charge in [-0.2, -0.15) is 0 Å². The van der Waals surface area contributed by atoms with Crippen LogP contribution in [0.3, 0.4) is 0 Å². The third-order valence-corrected chi connectivity index (χ3v) is 3.61. The Morgan fingerprint density at radius 3 is 2.58 bits per heavy atom. The SMILES string of the molecule is CC(C)(C)NCC1CCN(Cc2ccc(F)cc2)C1. The van der Waals surface area contributed by atoms with Gasteiger partial charge in [0.1, 0.15) is 5.82 Å². The molecule has 1 aliphatic heterocycles. The predicted molar refractivity (Wildman–Crippen MR) is 77.5 cm³/mol. The summed E-state index contributed by atoms with van der Waals surface area (Å²) >= 11 is 0. The molecule has 0 aliphatic carbocycles. The average Bonchev–Trinajstić information content (AvgIpc) is 2.77. The molecule has 1 N–H and O–H groups in total. The Labute approximate surface area is 116 Å². The van der Waals surface area contributed by atoms with Gasteiger partial charge in [0, 0.05) is 18.6 Å². The van der Waals surface area contributed by atoms with Crippen LogP contribution in [0.4, 0.5) is 4.39 Å². The van der Waals surface area contributed by atoms with E-state index in [-0.39, 0.29) is 11.4 Å². The Hall–Kier alpha value is -0.930. The molecule has 2 nitrogen and oxygen atoms in total. The Morgan fingerprint density at radius 2 is 1.95 bits per heavy atom. The fraction of sp³-hybridized carbons (Fsp3) is 0.625. The van der Waals surface area contributed by atoms with Crippen LogP contribution in [0.2, 0.25) is 0 Å². The van der Waals surface area contributed by atoms with Crippen LogP contribution in [0.15, 0.2) is 24.3 Å². The molecule has 1 fully saturated rings. The number of nitrogens with one attached hydrogen (secondary N) is 1. The van der Waals surface area contributed by atoms with Crippen molar-refractivity contribution in [1.29, 1.82) is 0 Å². The van der Waals surface area contributed by atoms with E-state index in [4.69, 9.17) is 0 Å². The van der Waals surface area contributed by atoms with E-state index in [2.05, 4.69) is 31.0 Å². The van der Waals surface area contributed by atoms with Crippen LogP contribution < -0.4 is 5.32 Å². The van der Waals surface area contributed by atoms with E-state index in [1.165, 1.54) is 12.0 Å². The fourth-order valence-electron chi connectivity index (χ4n) is 2.52. The molecule has 0 amide bonds. The largest absolute Gasteiger partial charge is 0.312 e. The molecule has 19 heavy (non-hydrogen) atoms. The van der Waals surface area contributed by atoms with Crippen LogP contribution in [0.25, 0.3) is 0 Å². The minimum atomic E-state index is -0.155. The van der Waals surface area contributed by atoms with Crippen LogP contribution in [-0.2, 0) is 6.54 Å². The molecule has 106 valence electrons. The number of benzene rings is 1. The fourth-order valence-corrected chi connectivity index (χ4v) is 2.52. The molecule has 0 saturated carbocycles. The first-order chi connectivity index (χ1) is 8.92. The summed E-state index contributed by atoms with van der Waals surface area (Å²) in [5.41, 5.74) is 1.40. The number of likely N-dealkylation sites (tertiary alicyclic amines) is 1. The number of hydrogen-bond donors (Lipinski definition) is 1. The zero-order valence-corrected chi connectivity index (χ0v) is 12.2. The van der Waals surface area contributed by atoms with Crippen LogP contribution >= 0.6 is 0 Å². The summed E-state index contributed by atoms with van der Waals surface area (Å²) in [6, 6.07) is 6.86. The molecule has 1 saturated heterocycles. The third kappa shape index (κ3) is 4.92. The van der Waals surface area contributed by atoms with Crippen molar-refractivity contribution in [2.45, 2.75) is 39.3 Å². The van der Waals surface area contributed by atoms with E-state index in [0.717, 1.165) is 32.1 Å². The highest BCUT2D eigenvalue weighted by Crippen LogP contribution is 2.19. The van der Waals surface area contributed by atoms with E-state index in [1.807, 2.05) is 12.1 Å². The first-order valence-corrected chi connectivity index (χ1v) is 7.14. The Bertz CT molecular complexity index is 394. The molecule has 2 rings (SSSR count). The third-order valence-electron chi connectivity index (χ3n) is 3.61. The number of nitrogens with zero attached hydrogens (tertiary/aromatic N) is 1.